The van der Waals surface area contributed by atoms with Gasteiger partial charge in [-0.25, -0.2) is 4.79 Å². The minimum absolute atomic E-state index is 0.170. The molecule has 2 aromatic heterocycles. The highest BCUT2D eigenvalue weighted by Crippen LogP contribution is 2.38. The van der Waals surface area contributed by atoms with Crippen molar-refractivity contribution in [1.29, 1.82) is 0 Å². The molecule has 3 rings (SSSR count). The second-order valence-electron chi connectivity index (χ2n) is 5.76. The standard InChI is InChI=1S/C16H19N3O5S/c1-2-23-16(22)14-10-6-4-3-5-7-11(10)25-15(14)17-12(20)8-19-9-13(21)24-18-19/h9H,2-8H2,1H3,(H-,17,18,20,21,22). The second-order valence-corrected chi connectivity index (χ2v) is 6.86. The van der Waals surface area contributed by atoms with Gasteiger partial charge in [-0.2, -0.15) is 0 Å². The highest BCUT2D eigenvalue weighted by Gasteiger charge is 2.27. The molecule has 9 heteroatoms. The lowest BCUT2D eigenvalue weighted by Gasteiger charge is -2.07. The number of aryl methyl sites for hydroxylation is 1. The fraction of sp³-hybridized carbons (Fsp3) is 0.500. The van der Waals surface area contributed by atoms with Gasteiger partial charge in [0.1, 0.15) is 10.9 Å². The van der Waals surface area contributed by atoms with E-state index in [1.165, 1.54) is 11.3 Å². The maximum absolute atomic E-state index is 12.4. The van der Waals surface area contributed by atoms with E-state index in [4.69, 9.17) is 4.74 Å². The summed E-state index contributed by atoms with van der Waals surface area (Å²) in [4.78, 5) is 25.8. The van der Waals surface area contributed by atoms with Crippen molar-refractivity contribution in [3.8, 4) is 5.95 Å². The number of anilines is 1. The monoisotopic (exact) mass is 365 g/mol. The number of hydrogen-bond donors (Lipinski definition) is 1. The largest absolute Gasteiger partial charge is 0.539 e. The van der Waals surface area contributed by atoms with Gasteiger partial charge in [0.2, 0.25) is 6.20 Å². The van der Waals surface area contributed by atoms with Gasteiger partial charge in [0.25, 0.3) is 12.5 Å². The summed E-state index contributed by atoms with van der Waals surface area (Å²) in [5.74, 6) is -1.42. The second kappa shape index (κ2) is 7.64. The van der Waals surface area contributed by atoms with E-state index >= 15 is 0 Å². The third-order valence-electron chi connectivity index (χ3n) is 3.95. The number of thiophene rings is 1. The Morgan fingerprint density at radius 1 is 1.40 bits per heavy atom. The molecule has 2 heterocycles. The van der Waals surface area contributed by atoms with Gasteiger partial charge in [-0.15, -0.1) is 11.3 Å². The van der Waals surface area contributed by atoms with E-state index in [0.29, 0.717) is 10.6 Å². The lowest BCUT2D eigenvalue weighted by molar-refractivity contribution is -0.750. The zero-order valence-corrected chi connectivity index (χ0v) is 14.7. The first kappa shape index (κ1) is 17.4. The topological polar surface area (TPSA) is 108 Å². The highest BCUT2D eigenvalue weighted by molar-refractivity contribution is 7.17. The molecule has 0 fully saturated rings. The first-order chi connectivity index (χ1) is 12.1. The van der Waals surface area contributed by atoms with Gasteiger partial charge < -0.3 is 19.7 Å². The van der Waals surface area contributed by atoms with Crippen LogP contribution in [0.2, 0.25) is 0 Å². The molecule has 0 spiro atoms. The van der Waals surface area contributed by atoms with Crippen molar-refractivity contribution in [3.05, 3.63) is 22.2 Å². The van der Waals surface area contributed by atoms with Gasteiger partial charge in [0.05, 0.1) is 17.4 Å². The van der Waals surface area contributed by atoms with E-state index in [1.54, 1.807) is 6.92 Å². The summed E-state index contributed by atoms with van der Waals surface area (Å²) in [7, 11) is 0. The van der Waals surface area contributed by atoms with Crippen LogP contribution in [-0.2, 0) is 28.9 Å². The molecule has 0 atom stereocenters. The van der Waals surface area contributed by atoms with Crippen molar-refractivity contribution in [1.82, 2.24) is 5.27 Å². The van der Waals surface area contributed by atoms with Crippen molar-refractivity contribution in [2.75, 3.05) is 11.9 Å². The quantitative estimate of drug-likeness (QED) is 0.484. The smallest absolute Gasteiger partial charge is 0.341 e. The summed E-state index contributed by atoms with van der Waals surface area (Å²) in [6.45, 7) is 1.86. The zero-order chi connectivity index (χ0) is 17.8. The molecule has 0 aliphatic heterocycles. The summed E-state index contributed by atoms with van der Waals surface area (Å²) >= 11 is 1.43. The van der Waals surface area contributed by atoms with Crippen molar-refractivity contribution >= 4 is 28.2 Å². The van der Waals surface area contributed by atoms with Gasteiger partial charge in [-0.1, -0.05) is 11.1 Å². The van der Waals surface area contributed by atoms with Gasteiger partial charge in [0.15, 0.2) is 0 Å². The Morgan fingerprint density at radius 3 is 2.92 bits per heavy atom. The molecule has 0 saturated heterocycles. The summed E-state index contributed by atoms with van der Waals surface area (Å²) in [5.41, 5.74) is 1.46. The average Bonchev–Trinajstić information content (AvgIpc) is 3.03. The lowest BCUT2D eigenvalue weighted by Crippen LogP contribution is -2.41. The van der Waals surface area contributed by atoms with E-state index in [0.717, 1.165) is 53.4 Å². The highest BCUT2D eigenvalue weighted by atomic mass is 32.1. The van der Waals surface area contributed by atoms with Gasteiger partial charge in [0, 0.05) is 4.88 Å². The van der Waals surface area contributed by atoms with Gasteiger partial charge in [-0.3, -0.25) is 4.79 Å². The summed E-state index contributed by atoms with van der Waals surface area (Å²) < 4.78 is 10.7. The Labute approximate surface area is 148 Å². The molecule has 0 bridgehead atoms. The normalized spacial score (nSPS) is 13.8. The van der Waals surface area contributed by atoms with Crippen molar-refractivity contribution in [2.24, 2.45) is 0 Å². The number of ether oxygens (including phenoxy) is 1. The number of nitrogens with zero attached hydrogens (tertiary/aromatic N) is 2. The Hall–Kier alpha value is -2.42. The van der Waals surface area contributed by atoms with E-state index < -0.39 is 11.9 Å². The van der Waals surface area contributed by atoms with Crippen LogP contribution in [0.4, 0.5) is 5.00 Å². The van der Waals surface area contributed by atoms with E-state index in [-0.39, 0.29) is 19.1 Å². The van der Waals surface area contributed by atoms with Crippen molar-refractivity contribution in [2.45, 2.75) is 45.6 Å². The number of esters is 1. The summed E-state index contributed by atoms with van der Waals surface area (Å²) in [6, 6.07) is 0. The number of nitrogens with one attached hydrogen (secondary N) is 1. The number of carbonyl (C=O) groups is 2. The summed E-state index contributed by atoms with van der Waals surface area (Å²) in [6.07, 6.45) is 6.03. The molecule has 1 aliphatic carbocycles. The minimum atomic E-state index is -0.622. The van der Waals surface area contributed by atoms with Crippen molar-refractivity contribution < 1.29 is 28.6 Å². The SMILES string of the molecule is CCOC(=O)c1c(NC(=O)C[n+]2cc([O-])on2)sc2c1CCCCC2. The molecule has 1 N–H and O–H groups in total. The predicted molar refractivity (Wildman–Crippen MR) is 86.3 cm³/mol. The molecule has 8 nitrogen and oxygen atoms in total. The molecule has 2 aromatic rings. The van der Waals surface area contributed by atoms with Crippen LogP contribution in [0, 0.1) is 0 Å². The number of rotatable bonds is 5. The molecule has 1 aliphatic rings. The molecule has 134 valence electrons. The minimum Gasteiger partial charge on any atom is -0.539 e. The zero-order valence-electron chi connectivity index (χ0n) is 13.9. The number of fused-ring (bicyclic) bond motifs is 1. The molecular formula is C16H19N3O5S. The summed E-state index contributed by atoms with van der Waals surface area (Å²) in [5, 5.41) is 17.7. The van der Waals surface area contributed by atoms with Gasteiger partial charge >= 0.3 is 5.97 Å². The Bertz CT molecular complexity index is 783. The van der Waals surface area contributed by atoms with Crippen molar-refractivity contribution in [3.63, 3.8) is 0 Å². The molecule has 0 radical (unpaired) electrons. The van der Waals surface area contributed by atoms with Crippen LogP contribution in [0.25, 0.3) is 0 Å². The fourth-order valence-corrected chi connectivity index (χ4v) is 4.19. The first-order valence-electron chi connectivity index (χ1n) is 8.23. The maximum atomic E-state index is 12.4. The van der Waals surface area contributed by atoms with Crippen LogP contribution in [0.1, 0.15) is 47.0 Å². The lowest BCUT2D eigenvalue weighted by atomic mass is 10.1. The third kappa shape index (κ3) is 3.98. The molecule has 0 aromatic carbocycles. The van der Waals surface area contributed by atoms with E-state index in [9.17, 15) is 14.7 Å². The van der Waals surface area contributed by atoms with Gasteiger partial charge in [-0.05, 0) is 38.2 Å². The fourth-order valence-electron chi connectivity index (χ4n) is 2.90. The van der Waals surface area contributed by atoms with Crippen LogP contribution in [0.5, 0.6) is 5.95 Å². The molecule has 0 unspecified atom stereocenters. The third-order valence-corrected chi connectivity index (χ3v) is 5.16. The van der Waals surface area contributed by atoms with Crippen LogP contribution in [0.15, 0.2) is 10.7 Å². The number of hydrogen-bond acceptors (Lipinski definition) is 7. The van der Waals surface area contributed by atoms with Crippen LogP contribution >= 0.6 is 11.3 Å². The van der Waals surface area contributed by atoms with Crippen LogP contribution in [0.3, 0.4) is 0 Å². The number of aromatic nitrogens is 2. The maximum Gasteiger partial charge on any atom is 0.341 e. The van der Waals surface area contributed by atoms with Crippen LogP contribution < -0.4 is 15.1 Å². The Kier molecular flexibility index (Phi) is 5.32. The van der Waals surface area contributed by atoms with E-state index in [1.807, 2.05) is 0 Å². The number of amides is 1. The Balaban J connectivity index is 1.84. The molecule has 1 amide bonds. The Morgan fingerprint density at radius 2 is 2.20 bits per heavy atom. The molecular weight excluding hydrogens is 346 g/mol. The average molecular weight is 365 g/mol. The first-order valence-corrected chi connectivity index (χ1v) is 9.05. The van der Waals surface area contributed by atoms with Crippen LogP contribution in [-0.4, -0.2) is 23.8 Å². The number of carbonyl (C=O) groups excluding carboxylic acids is 2. The molecule has 0 saturated carbocycles. The predicted octanol–water partition coefficient (Wildman–Crippen LogP) is 1.18. The molecule has 25 heavy (non-hydrogen) atoms. The van der Waals surface area contributed by atoms with E-state index in [2.05, 4.69) is 15.1 Å².